The molecule has 41 heavy (non-hydrogen) atoms. The number of carbonyl (C=O) groups is 2. The van der Waals surface area contributed by atoms with Crippen molar-refractivity contribution < 1.29 is 14.3 Å². The van der Waals surface area contributed by atoms with Crippen molar-refractivity contribution in [1.82, 2.24) is 19.8 Å². The minimum atomic E-state index is -0.482. The van der Waals surface area contributed by atoms with Crippen LogP contribution < -0.4 is 4.90 Å². The van der Waals surface area contributed by atoms with Crippen LogP contribution in [0.1, 0.15) is 88.6 Å². The number of anilines is 1. The molecule has 3 fully saturated rings. The number of carbonyl (C=O) groups excluding carboxylic acids is 2. The van der Waals surface area contributed by atoms with E-state index in [1.54, 1.807) is 0 Å². The minimum absolute atomic E-state index is 0.140. The van der Waals surface area contributed by atoms with Crippen molar-refractivity contribution in [3.05, 3.63) is 21.7 Å². The van der Waals surface area contributed by atoms with E-state index < -0.39 is 5.60 Å². The SMILES string of the molecule is CCC(C)c1c(Br)c(C=O)cc2c(N3CCC4(CC3)CN(C(=O)OC(C)(C)C)C4)nc(SC3CCN(C)CC3)nc12. The number of likely N-dealkylation sites (tertiary alicyclic amines) is 2. The van der Waals surface area contributed by atoms with Gasteiger partial charge >= 0.3 is 6.09 Å². The van der Waals surface area contributed by atoms with Crippen LogP contribution in [0.4, 0.5) is 10.6 Å². The highest BCUT2D eigenvalue weighted by Gasteiger charge is 2.48. The molecule has 224 valence electrons. The molecule has 4 heterocycles. The third-order valence-electron chi connectivity index (χ3n) is 8.95. The van der Waals surface area contributed by atoms with Crippen LogP contribution in [-0.2, 0) is 4.74 Å². The van der Waals surface area contributed by atoms with Crippen molar-refractivity contribution >= 4 is 56.8 Å². The van der Waals surface area contributed by atoms with E-state index in [2.05, 4.69) is 46.6 Å². The maximum absolute atomic E-state index is 12.6. The molecule has 3 saturated heterocycles. The summed E-state index contributed by atoms with van der Waals surface area (Å²) in [5.74, 6) is 1.18. The molecule has 1 atom stereocenters. The second-order valence-corrected chi connectivity index (χ2v) is 15.4. The van der Waals surface area contributed by atoms with Crippen molar-refractivity contribution in [1.29, 1.82) is 0 Å². The Morgan fingerprint density at radius 2 is 1.85 bits per heavy atom. The van der Waals surface area contributed by atoms with E-state index in [0.717, 1.165) is 110 Å². The number of hydrogen-bond acceptors (Lipinski definition) is 8. The lowest BCUT2D eigenvalue weighted by Gasteiger charge is -2.53. The third-order valence-corrected chi connectivity index (χ3v) is 11.0. The van der Waals surface area contributed by atoms with Gasteiger partial charge in [0, 0.05) is 52.3 Å². The summed E-state index contributed by atoms with van der Waals surface area (Å²) in [5, 5.41) is 2.29. The largest absolute Gasteiger partial charge is 0.444 e. The highest BCUT2D eigenvalue weighted by Crippen LogP contribution is 2.44. The van der Waals surface area contributed by atoms with Crippen molar-refractivity contribution in [3.63, 3.8) is 0 Å². The first-order valence-corrected chi connectivity index (χ1v) is 16.7. The number of amides is 1. The molecule has 1 amide bonds. The summed E-state index contributed by atoms with van der Waals surface area (Å²) in [6, 6.07) is 1.97. The number of piperidine rings is 2. The normalized spacial score (nSPS) is 20.8. The molecule has 5 rings (SSSR count). The lowest BCUT2D eigenvalue weighted by molar-refractivity contribution is -0.0434. The number of nitrogens with zero attached hydrogens (tertiary/aromatic N) is 5. The van der Waals surface area contributed by atoms with Gasteiger partial charge in [-0.25, -0.2) is 14.8 Å². The summed E-state index contributed by atoms with van der Waals surface area (Å²) in [7, 11) is 2.18. The quantitative estimate of drug-likeness (QED) is 0.252. The number of rotatable bonds is 6. The van der Waals surface area contributed by atoms with E-state index in [0.29, 0.717) is 10.8 Å². The first-order chi connectivity index (χ1) is 19.4. The van der Waals surface area contributed by atoms with Crippen LogP contribution in [0.25, 0.3) is 10.9 Å². The van der Waals surface area contributed by atoms with E-state index in [-0.39, 0.29) is 17.4 Å². The molecule has 0 radical (unpaired) electrons. The van der Waals surface area contributed by atoms with E-state index in [9.17, 15) is 9.59 Å². The Hall–Kier alpha value is -1.91. The molecule has 0 aliphatic carbocycles. The Morgan fingerprint density at radius 1 is 1.20 bits per heavy atom. The smallest absolute Gasteiger partial charge is 0.410 e. The fraction of sp³-hybridized carbons (Fsp3) is 0.677. The molecule has 1 aromatic heterocycles. The number of ether oxygens (including phenoxy) is 1. The van der Waals surface area contributed by atoms with E-state index >= 15 is 0 Å². The van der Waals surface area contributed by atoms with Gasteiger partial charge in [-0.3, -0.25) is 4.79 Å². The predicted molar refractivity (Wildman–Crippen MR) is 169 cm³/mol. The summed E-state index contributed by atoms with van der Waals surface area (Å²) >= 11 is 5.57. The van der Waals surface area contributed by atoms with E-state index in [1.165, 1.54) is 0 Å². The van der Waals surface area contributed by atoms with Crippen molar-refractivity contribution in [2.75, 3.05) is 51.2 Å². The fourth-order valence-corrected chi connectivity index (χ4v) is 8.08. The standard InChI is InChI=1S/C31H44BrN5O3S/c1-7-20(2)24-25(32)21(17-38)16-23-26(24)33-28(41-22-8-12-35(6)13-9-22)34-27(23)36-14-10-31(11-15-36)18-37(19-31)29(39)40-30(3,4)5/h16-17,20,22H,7-15,18-19H2,1-6H3. The number of aldehydes is 1. The van der Waals surface area contributed by atoms with Gasteiger partial charge < -0.3 is 19.4 Å². The lowest BCUT2D eigenvalue weighted by atomic mass is 9.72. The average molecular weight is 647 g/mol. The maximum atomic E-state index is 12.6. The molecule has 1 aromatic carbocycles. The summed E-state index contributed by atoms with van der Waals surface area (Å²) in [6.45, 7) is 15.5. The zero-order valence-corrected chi connectivity index (χ0v) is 27.7. The zero-order chi connectivity index (χ0) is 29.5. The second kappa shape index (κ2) is 12.0. The lowest BCUT2D eigenvalue weighted by Crippen LogP contribution is -2.62. The molecular formula is C31H44BrN5O3S. The molecule has 3 aliphatic rings. The van der Waals surface area contributed by atoms with Crippen LogP contribution in [0.2, 0.25) is 0 Å². The van der Waals surface area contributed by atoms with E-state index in [4.69, 9.17) is 14.7 Å². The Balaban J connectivity index is 1.44. The molecule has 3 aliphatic heterocycles. The topological polar surface area (TPSA) is 78.9 Å². The molecule has 0 saturated carbocycles. The van der Waals surface area contributed by atoms with Gasteiger partial charge in [0.05, 0.1) is 5.52 Å². The van der Waals surface area contributed by atoms with Crippen molar-refractivity contribution in [2.24, 2.45) is 5.41 Å². The summed E-state index contributed by atoms with van der Waals surface area (Å²) in [5.41, 5.74) is 2.36. The Labute approximate surface area is 257 Å². The summed E-state index contributed by atoms with van der Waals surface area (Å²) in [4.78, 5) is 41.7. The van der Waals surface area contributed by atoms with Crippen LogP contribution in [0.3, 0.4) is 0 Å². The second-order valence-electron chi connectivity index (χ2n) is 13.3. The maximum Gasteiger partial charge on any atom is 0.410 e. The average Bonchev–Trinajstić information content (AvgIpc) is 2.91. The molecule has 1 unspecified atom stereocenters. The van der Waals surface area contributed by atoms with Gasteiger partial charge in [0.15, 0.2) is 11.4 Å². The molecule has 0 N–H and O–H groups in total. The molecule has 8 nitrogen and oxygen atoms in total. The van der Waals surface area contributed by atoms with Crippen LogP contribution in [0, 0.1) is 5.41 Å². The zero-order valence-electron chi connectivity index (χ0n) is 25.3. The highest BCUT2D eigenvalue weighted by atomic mass is 79.9. The number of benzene rings is 1. The van der Waals surface area contributed by atoms with Crippen LogP contribution >= 0.6 is 27.7 Å². The monoisotopic (exact) mass is 645 g/mol. The summed E-state index contributed by atoms with van der Waals surface area (Å²) in [6.07, 6.45) is 5.91. The number of fused-ring (bicyclic) bond motifs is 1. The minimum Gasteiger partial charge on any atom is -0.444 e. The van der Waals surface area contributed by atoms with Crippen LogP contribution in [-0.4, -0.2) is 89.3 Å². The molecule has 0 bridgehead atoms. The van der Waals surface area contributed by atoms with Crippen LogP contribution in [0.15, 0.2) is 15.7 Å². The van der Waals surface area contributed by atoms with Crippen molar-refractivity contribution in [3.8, 4) is 0 Å². The number of halogens is 1. The Bertz CT molecular complexity index is 1290. The van der Waals surface area contributed by atoms with Gasteiger partial charge in [-0.1, -0.05) is 25.6 Å². The molecule has 10 heteroatoms. The molecular weight excluding hydrogens is 602 g/mol. The predicted octanol–water partition coefficient (Wildman–Crippen LogP) is 6.74. The van der Waals surface area contributed by atoms with Crippen LogP contribution in [0.5, 0.6) is 0 Å². The van der Waals surface area contributed by atoms with Gasteiger partial charge in [-0.05, 0) is 106 Å². The fourth-order valence-electron chi connectivity index (χ4n) is 6.27. The van der Waals surface area contributed by atoms with Gasteiger partial charge in [-0.15, -0.1) is 0 Å². The number of aromatic nitrogens is 2. The Kier molecular flexibility index (Phi) is 8.94. The Morgan fingerprint density at radius 3 is 2.44 bits per heavy atom. The molecule has 2 aromatic rings. The van der Waals surface area contributed by atoms with Gasteiger partial charge in [0.2, 0.25) is 0 Å². The highest BCUT2D eigenvalue weighted by molar-refractivity contribution is 9.10. The number of hydrogen-bond donors (Lipinski definition) is 0. The van der Waals surface area contributed by atoms with Gasteiger partial charge in [-0.2, -0.15) is 0 Å². The molecule has 1 spiro atoms. The third kappa shape index (κ3) is 6.54. The van der Waals surface area contributed by atoms with E-state index in [1.807, 2.05) is 43.5 Å². The number of thioether (sulfide) groups is 1. The van der Waals surface area contributed by atoms with Gasteiger partial charge in [0.25, 0.3) is 0 Å². The van der Waals surface area contributed by atoms with Crippen molar-refractivity contribution in [2.45, 2.75) is 88.6 Å². The van der Waals surface area contributed by atoms with Gasteiger partial charge in [0.1, 0.15) is 11.4 Å². The first-order valence-electron chi connectivity index (χ1n) is 15.0. The summed E-state index contributed by atoms with van der Waals surface area (Å²) < 4.78 is 6.44. The first kappa shape index (κ1) is 30.5.